The highest BCUT2D eigenvalue weighted by Gasteiger charge is 2.51. The Kier molecular flexibility index (Phi) is 3.24. The van der Waals surface area contributed by atoms with Crippen LogP contribution in [-0.4, -0.2) is 34.8 Å². The highest BCUT2D eigenvalue weighted by molar-refractivity contribution is 5.97. The number of nitrogens with one attached hydrogen (secondary N) is 1. The summed E-state index contributed by atoms with van der Waals surface area (Å²) in [5.74, 6) is 0.422. The summed E-state index contributed by atoms with van der Waals surface area (Å²) in [6.45, 7) is 3.72. The van der Waals surface area contributed by atoms with Crippen molar-refractivity contribution in [2.75, 3.05) is 0 Å². The van der Waals surface area contributed by atoms with E-state index in [9.17, 15) is 9.59 Å². The van der Waals surface area contributed by atoms with Crippen molar-refractivity contribution in [2.24, 2.45) is 0 Å². The van der Waals surface area contributed by atoms with Crippen molar-refractivity contribution >= 4 is 11.8 Å². The molecule has 2 fully saturated rings. The normalized spacial score (nSPS) is 33.0. The van der Waals surface area contributed by atoms with E-state index in [1.165, 1.54) is 5.56 Å². The molecule has 1 aliphatic heterocycles. The molecule has 3 rings (SSSR count). The summed E-state index contributed by atoms with van der Waals surface area (Å²) in [5, 5.41) is 2.77. The predicted molar refractivity (Wildman–Crippen MR) is 76.1 cm³/mol. The van der Waals surface area contributed by atoms with Crippen molar-refractivity contribution in [3.05, 3.63) is 35.9 Å². The molecule has 1 N–H and O–H groups in total. The van der Waals surface area contributed by atoms with Gasteiger partial charge in [-0.3, -0.25) is 9.59 Å². The molecule has 4 heteroatoms. The van der Waals surface area contributed by atoms with Gasteiger partial charge in [-0.1, -0.05) is 37.3 Å². The highest BCUT2D eigenvalue weighted by Crippen LogP contribution is 2.46. The second-order valence-corrected chi connectivity index (χ2v) is 5.72. The fourth-order valence-electron chi connectivity index (χ4n) is 3.20. The van der Waals surface area contributed by atoms with Crippen LogP contribution in [0.5, 0.6) is 0 Å². The van der Waals surface area contributed by atoms with Crippen molar-refractivity contribution in [1.82, 2.24) is 10.2 Å². The maximum Gasteiger partial charge on any atom is 0.245 e. The molecule has 2 aliphatic rings. The molecular formula is C16H20N2O2. The smallest absolute Gasteiger partial charge is 0.245 e. The fourth-order valence-corrected chi connectivity index (χ4v) is 3.20. The lowest BCUT2D eigenvalue weighted by Gasteiger charge is -2.38. The van der Waals surface area contributed by atoms with E-state index in [1.807, 2.05) is 30.0 Å². The van der Waals surface area contributed by atoms with Crippen LogP contribution >= 0.6 is 0 Å². The standard InChI is InChI=1S/C16H20N2O2/c1-3-13-15(19)17-10(2)16(20)18(13)14-9-12(14)11-7-5-4-6-8-11/h4-8,10,12-14H,3,9H2,1-2H3,(H,17,19). The number of carbonyl (C=O) groups is 2. The quantitative estimate of drug-likeness (QED) is 0.910. The maximum atomic E-state index is 12.4. The van der Waals surface area contributed by atoms with Gasteiger partial charge in [-0.05, 0) is 25.3 Å². The molecule has 1 saturated heterocycles. The zero-order valence-corrected chi connectivity index (χ0v) is 11.9. The Balaban J connectivity index is 1.82. The average molecular weight is 272 g/mol. The lowest BCUT2D eigenvalue weighted by molar-refractivity contribution is -0.149. The van der Waals surface area contributed by atoms with Gasteiger partial charge in [-0.2, -0.15) is 0 Å². The van der Waals surface area contributed by atoms with E-state index >= 15 is 0 Å². The van der Waals surface area contributed by atoms with E-state index in [2.05, 4.69) is 17.4 Å². The van der Waals surface area contributed by atoms with Gasteiger partial charge in [0.05, 0.1) is 0 Å². The van der Waals surface area contributed by atoms with Crippen LogP contribution in [0.4, 0.5) is 0 Å². The molecule has 0 aromatic heterocycles. The maximum absolute atomic E-state index is 12.4. The number of carbonyl (C=O) groups excluding carboxylic acids is 2. The summed E-state index contributed by atoms with van der Waals surface area (Å²) in [6, 6.07) is 9.72. The van der Waals surface area contributed by atoms with E-state index < -0.39 is 6.04 Å². The molecule has 0 radical (unpaired) electrons. The van der Waals surface area contributed by atoms with E-state index in [4.69, 9.17) is 0 Å². The minimum absolute atomic E-state index is 0.0155. The Morgan fingerprint density at radius 3 is 2.60 bits per heavy atom. The van der Waals surface area contributed by atoms with Gasteiger partial charge in [0.1, 0.15) is 12.1 Å². The number of piperazine rings is 1. The van der Waals surface area contributed by atoms with E-state index in [-0.39, 0.29) is 23.9 Å². The predicted octanol–water partition coefficient (Wildman–Crippen LogP) is 1.67. The molecule has 1 aromatic carbocycles. The van der Waals surface area contributed by atoms with E-state index in [0.29, 0.717) is 12.3 Å². The van der Waals surface area contributed by atoms with Crippen LogP contribution in [0.3, 0.4) is 0 Å². The van der Waals surface area contributed by atoms with Crippen LogP contribution in [0.25, 0.3) is 0 Å². The molecule has 0 spiro atoms. The monoisotopic (exact) mass is 272 g/mol. The summed E-state index contributed by atoms with van der Waals surface area (Å²) >= 11 is 0. The van der Waals surface area contributed by atoms with Gasteiger partial charge in [0.2, 0.25) is 11.8 Å². The van der Waals surface area contributed by atoms with Gasteiger partial charge in [0.15, 0.2) is 0 Å². The molecule has 4 unspecified atom stereocenters. The topological polar surface area (TPSA) is 49.4 Å². The molecule has 1 aromatic rings. The van der Waals surface area contributed by atoms with Crippen molar-refractivity contribution < 1.29 is 9.59 Å². The molecule has 0 bridgehead atoms. The Hall–Kier alpha value is -1.84. The summed E-state index contributed by atoms with van der Waals surface area (Å²) in [4.78, 5) is 26.3. The number of nitrogens with zero attached hydrogens (tertiary/aromatic N) is 1. The number of rotatable bonds is 3. The van der Waals surface area contributed by atoms with Crippen LogP contribution in [-0.2, 0) is 9.59 Å². The second-order valence-electron chi connectivity index (χ2n) is 5.72. The van der Waals surface area contributed by atoms with Gasteiger partial charge < -0.3 is 10.2 Å². The molecule has 4 atom stereocenters. The Labute approximate surface area is 119 Å². The lowest BCUT2D eigenvalue weighted by atomic mass is 10.0. The molecule has 1 heterocycles. The first kappa shape index (κ1) is 13.2. The zero-order valence-electron chi connectivity index (χ0n) is 11.9. The first-order valence-electron chi connectivity index (χ1n) is 7.31. The van der Waals surface area contributed by atoms with Crippen LogP contribution in [0.1, 0.15) is 38.2 Å². The van der Waals surface area contributed by atoms with Crippen molar-refractivity contribution in [1.29, 1.82) is 0 Å². The summed E-state index contributed by atoms with van der Waals surface area (Å²) < 4.78 is 0. The highest BCUT2D eigenvalue weighted by atomic mass is 16.2. The summed E-state index contributed by atoms with van der Waals surface area (Å²) in [7, 11) is 0. The largest absolute Gasteiger partial charge is 0.343 e. The second kappa shape index (κ2) is 4.93. The summed E-state index contributed by atoms with van der Waals surface area (Å²) in [6.07, 6.45) is 1.63. The molecule has 4 nitrogen and oxygen atoms in total. The van der Waals surface area contributed by atoms with E-state index in [0.717, 1.165) is 6.42 Å². The van der Waals surface area contributed by atoms with Crippen molar-refractivity contribution in [3.63, 3.8) is 0 Å². The van der Waals surface area contributed by atoms with Crippen LogP contribution < -0.4 is 5.32 Å². The Morgan fingerprint density at radius 1 is 1.25 bits per heavy atom. The summed E-state index contributed by atoms with van der Waals surface area (Å²) in [5.41, 5.74) is 1.26. The lowest BCUT2D eigenvalue weighted by Crippen LogP contribution is -2.63. The molecular weight excluding hydrogens is 252 g/mol. The first-order valence-corrected chi connectivity index (χ1v) is 7.31. The van der Waals surface area contributed by atoms with E-state index in [1.54, 1.807) is 6.92 Å². The van der Waals surface area contributed by atoms with Crippen LogP contribution in [0.15, 0.2) is 30.3 Å². The SMILES string of the molecule is CCC1C(=O)NC(C)C(=O)N1C1CC1c1ccccc1. The third kappa shape index (κ3) is 2.09. The van der Waals surface area contributed by atoms with Crippen LogP contribution in [0, 0.1) is 0 Å². The zero-order chi connectivity index (χ0) is 14.3. The van der Waals surface area contributed by atoms with Gasteiger partial charge >= 0.3 is 0 Å². The van der Waals surface area contributed by atoms with Crippen molar-refractivity contribution in [3.8, 4) is 0 Å². The molecule has 20 heavy (non-hydrogen) atoms. The van der Waals surface area contributed by atoms with Gasteiger partial charge in [0, 0.05) is 12.0 Å². The van der Waals surface area contributed by atoms with Gasteiger partial charge in [-0.15, -0.1) is 0 Å². The van der Waals surface area contributed by atoms with Gasteiger partial charge in [-0.25, -0.2) is 0 Å². The average Bonchev–Trinajstić information content (AvgIpc) is 3.23. The number of amides is 2. The minimum Gasteiger partial charge on any atom is -0.343 e. The third-order valence-electron chi connectivity index (χ3n) is 4.35. The molecule has 106 valence electrons. The fraction of sp³-hybridized carbons (Fsp3) is 0.500. The molecule has 1 aliphatic carbocycles. The first-order chi connectivity index (χ1) is 9.63. The number of benzene rings is 1. The minimum atomic E-state index is -0.401. The Bertz CT molecular complexity index is 529. The van der Waals surface area contributed by atoms with Crippen LogP contribution in [0.2, 0.25) is 0 Å². The van der Waals surface area contributed by atoms with Gasteiger partial charge in [0.25, 0.3) is 0 Å². The third-order valence-corrected chi connectivity index (χ3v) is 4.35. The molecule has 2 amide bonds. The number of hydrogen-bond acceptors (Lipinski definition) is 2. The Morgan fingerprint density at radius 2 is 1.95 bits per heavy atom. The number of hydrogen-bond donors (Lipinski definition) is 1. The molecule has 1 saturated carbocycles. The van der Waals surface area contributed by atoms with Crippen molar-refractivity contribution in [2.45, 2.75) is 50.7 Å².